The lowest BCUT2D eigenvalue weighted by Gasteiger charge is -2.10. The van der Waals surface area contributed by atoms with Crippen LogP contribution >= 0.6 is 11.3 Å². The van der Waals surface area contributed by atoms with Crippen LogP contribution in [0.15, 0.2) is 30.3 Å². The Balaban J connectivity index is 2.15. The molecule has 20 heavy (non-hydrogen) atoms. The molecule has 0 radical (unpaired) electrons. The number of esters is 1. The van der Waals surface area contributed by atoms with Crippen LogP contribution in [0.25, 0.3) is 0 Å². The molecule has 0 unspecified atom stereocenters. The lowest BCUT2D eigenvalue weighted by atomic mass is 10.2. The number of ether oxygens (including phenoxy) is 2. The summed E-state index contributed by atoms with van der Waals surface area (Å²) in [7, 11) is 1.34. The summed E-state index contributed by atoms with van der Waals surface area (Å²) >= 11 is 1.70. The second-order valence-electron chi connectivity index (χ2n) is 4.26. The Bertz CT molecular complexity index is 607. The van der Waals surface area contributed by atoms with Crippen LogP contribution in [0.4, 0.5) is 5.69 Å². The fraction of sp³-hybridized carbons (Fsp3) is 0.267. The normalized spacial score (nSPS) is 10.3. The number of nitrogen functional groups attached to an aromatic ring is 1. The van der Waals surface area contributed by atoms with Crippen molar-refractivity contribution in [2.45, 2.75) is 20.0 Å². The number of anilines is 1. The summed E-state index contributed by atoms with van der Waals surface area (Å²) in [6.07, 6.45) is 1.01. The molecule has 1 aromatic heterocycles. The van der Waals surface area contributed by atoms with Gasteiger partial charge in [-0.3, -0.25) is 0 Å². The molecule has 0 spiro atoms. The zero-order chi connectivity index (χ0) is 14.5. The molecular formula is C15H17NO3S. The van der Waals surface area contributed by atoms with E-state index in [2.05, 4.69) is 13.0 Å². The number of carbonyl (C=O) groups is 1. The van der Waals surface area contributed by atoms with Crippen molar-refractivity contribution in [2.75, 3.05) is 12.8 Å². The van der Waals surface area contributed by atoms with Crippen LogP contribution in [0.1, 0.15) is 27.0 Å². The van der Waals surface area contributed by atoms with Crippen molar-refractivity contribution in [2.24, 2.45) is 0 Å². The van der Waals surface area contributed by atoms with Crippen LogP contribution in [0.5, 0.6) is 5.75 Å². The maximum Gasteiger partial charge on any atom is 0.341 e. The minimum absolute atomic E-state index is 0.383. The molecule has 0 amide bonds. The first-order valence-electron chi connectivity index (χ1n) is 6.32. The second kappa shape index (κ2) is 6.43. The molecular weight excluding hydrogens is 274 g/mol. The molecule has 2 N–H and O–H groups in total. The van der Waals surface area contributed by atoms with E-state index in [0.717, 1.165) is 11.3 Å². The van der Waals surface area contributed by atoms with E-state index in [1.165, 1.54) is 12.0 Å². The highest BCUT2D eigenvalue weighted by atomic mass is 32.1. The van der Waals surface area contributed by atoms with E-state index >= 15 is 0 Å². The summed E-state index contributed by atoms with van der Waals surface area (Å²) in [6.45, 7) is 2.53. The molecule has 1 aromatic carbocycles. The predicted octanol–water partition coefficient (Wildman–Crippen LogP) is 3.26. The zero-order valence-corrected chi connectivity index (χ0v) is 12.3. The molecule has 1 heterocycles. The van der Waals surface area contributed by atoms with Gasteiger partial charge in [-0.15, -0.1) is 11.3 Å². The molecule has 0 fully saturated rings. The summed E-state index contributed by atoms with van der Waals surface area (Å²) in [5, 5.41) is 0. The molecule has 0 saturated heterocycles. The van der Waals surface area contributed by atoms with E-state index in [9.17, 15) is 4.79 Å². The largest absolute Gasteiger partial charge is 0.487 e. The standard InChI is InChI=1S/C15H17NO3S/c1-3-11-5-6-12(20-11)9-19-14-8-10(16)4-7-13(14)15(17)18-2/h4-8H,3,9,16H2,1-2H3. The quantitative estimate of drug-likeness (QED) is 0.678. The van der Waals surface area contributed by atoms with Crippen molar-refractivity contribution < 1.29 is 14.3 Å². The Morgan fingerprint density at radius 2 is 2.00 bits per heavy atom. The van der Waals surface area contributed by atoms with Crippen molar-refractivity contribution in [1.82, 2.24) is 0 Å². The fourth-order valence-corrected chi connectivity index (χ4v) is 2.65. The number of hydrogen-bond acceptors (Lipinski definition) is 5. The number of methoxy groups -OCH3 is 1. The summed E-state index contributed by atoms with van der Waals surface area (Å²) in [6, 6.07) is 9.03. The molecule has 0 aliphatic rings. The van der Waals surface area contributed by atoms with E-state index in [1.807, 2.05) is 6.07 Å². The van der Waals surface area contributed by atoms with Gasteiger partial charge in [-0.25, -0.2) is 4.79 Å². The Labute approximate surface area is 122 Å². The van der Waals surface area contributed by atoms with Gasteiger partial charge in [0.25, 0.3) is 0 Å². The highest BCUT2D eigenvalue weighted by molar-refractivity contribution is 7.11. The Hall–Kier alpha value is -2.01. The molecule has 4 nitrogen and oxygen atoms in total. The van der Waals surface area contributed by atoms with Crippen LogP contribution in [-0.2, 0) is 17.8 Å². The summed E-state index contributed by atoms with van der Waals surface area (Å²) in [5.41, 5.74) is 6.67. The number of aryl methyl sites for hydroxylation is 1. The first kappa shape index (κ1) is 14.4. The second-order valence-corrected chi connectivity index (χ2v) is 5.51. The first-order chi connectivity index (χ1) is 9.63. The van der Waals surface area contributed by atoms with Crippen molar-refractivity contribution in [3.05, 3.63) is 45.6 Å². The molecule has 2 aromatic rings. The highest BCUT2D eigenvalue weighted by Gasteiger charge is 2.13. The predicted molar refractivity (Wildman–Crippen MR) is 80.2 cm³/mol. The van der Waals surface area contributed by atoms with Gasteiger partial charge >= 0.3 is 5.97 Å². The molecule has 0 atom stereocenters. The van der Waals surface area contributed by atoms with Crippen LogP contribution in [-0.4, -0.2) is 13.1 Å². The molecule has 0 saturated carbocycles. The Kier molecular flexibility index (Phi) is 4.63. The molecule has 0 aliphatic carbocycles. The van der Waals surface area contributed by atoms with Gasteiger partial charge in [-0.05, 0) is 30.7 Å². The summed E-state index contributed by atoms with van der Waals surface area (Å²) < 4.78 is 10.4. The van der Waals surface area contributed by atoms with Crippen molar-refractivity contribution in [3.8, 4) is 5.75 Å². The van der Waals surface area contributed by atoms with Gasteiger partial charge in [0.2, 0.25) is 0 Å². The Morgan fingerprint density at radius 1 is 1.25 bits per heavy atom. The maximum absolute atomic E-state index is 11.7. The van der Waals surface area contributed by atoms with Crippen LogP contribution < -0.4 is 10.5 Å². The number of thiophene rings is 1. The molecule has 0 aliphatic heterocycles. The van der Waals surface area contributed by atoms with Crippen LogP contribution in [0.3, 0.4) is 0 Å². The monoisotopic (exact) mass is 291 g/mol. The topological polar surface area (TPSA) is 61.5 Å². The Morgan fingerprint density at radius 3 is 2.65 bits per heavy atom. The molecule has 106 valence electrons. The van der Waals surface area contributed by atoms with Crippen LogP contribution in [0.2, 0.25) is 0 Å². The van der Waals surface area contributed by atoms with E-state index in [4.69, 9.17) is 15.2 Å². The van der Waals surface area contributed by atoms with Gasteiger partial charge in [0.15, 0.2) is 0 Å². The number of hydrogen-bond donors (Lipinski definition) is 1. The van der Waals surface area contributed by atoms with E-state index in [0.29, 0.717) is 23.6 Å². The number of rotatable bonds is 5. The number of carbonyl (C=O) groups excluding carboxylic acids is 1. The van der Waals surface area contributed by atoms with E-state index < -0.39 is 5.97 Å². The van der Waals surface area contributed by atoms with Crippen molar-refractivity contribution in [3.63, 3.8) is 0 Å². The highest BCUT2D eigenvalue weighted by Crippen LogP contribution is 2.25. The smallest absolute Gasteiger partial charge is 0.341 e. The van der Waals surface area contributed by atoms with Crippen LogP contribution in [0, 0.1) is 0 Å². The van der Waals surface area contributed by atoms with Gasteiger partial charge in [-0.2, -0.15) is 0 Å². The minimum atomic E-state index is -0.430. The van der Waals surface area contributed by atoms with Gasteiger partial charge in [0.05, 0.1) is 7.11 Å². The van der Waals surface area contributed by atoms with Gasteiger partial charge < -0.3 is 15.2 Å². The van der Waals surface area contributed by atoms with Gasteiger partial charge in [-0.1, -0.05) is 6.92 Å². The first-order valence-corrected chi connectivity index (χ1v) is 7.14. The van der Waals surface area contributed by atoms with Gasteiger partial charge in [0.1, 0.15) is 17.9 Å². The fourth-order valence-electron chi connectivity index (χ4n) is 1.78. The summed E-state index contributed by atoms with van der Waals surface area (Å²) in [5.74, 6) is 0.0173. The minimum Gasteiger partial charge on any atom is -0.487 e. The maximum atomic E-state index is 11.7. The van der Waals surface area contributed by atoms with E-state index in [-0.39, 0.29) is 0 Å². The SMILES string of the molecule is CCc1ccc(COc2cc(N)ccc2C(=O)OC)s1. The summed E-state index contributed by atoms with van der Waals surface area (Å²) in [4.78, 5) is 14.1. The molecule has 2 rings (SSSR count). The van der Waals surface area contributed by atoms with Crippen molar-refractivity contribution in [1.29, 1.82) is 0 Å². The third-order valence-electron chi connectivity index (χ3n) is 2.85. The third-order valence-corrected chi connectivity index (χ3v) is 4.05. The molecule has 5 heteroatoms. The average Bonchev–Trinajstić information content (AvgIpc) is 2.92. The van der Waals surface area contributed by atoms with Gasteiger partial charge in [0, 0.05) is 21.5 Å². The average molecular weight is 291 g/mol. The van der Waals surface area contributed by atoms with Crippen molar-refractivity contribution >= 4 is 23.0 Å². The van der Waals surface area contributed by atoms with E-state index in [1.54, 1.807) is 29.5 Å². The third kappa shape index (κ3) is 3.30. The molecule has 0 bridgehead atoms. The lowest BCUT2D eigenvalue weighted by Crippen LogP contribution is -2.06. The zero-order valence-electron chi connectivity index (χ0n) is 11.5. The lowest BCUT2D eigenvalue weighted by molar-refractivity contribution is 0.0595. The number of nitrogens with two attached hydrogens (primary N) is 1. The number of benzene rings is 1.